The molecule has 1 fully saturated rings. The molecular weight excluding hydrogens is 247 g/mol. The molecule has 98 valence electrons. The van der Waals surface area contributed by atoms with Crippen LogP contribution < -0.4 is 10.1 Å². The van der Waals surface area contributed by atoms with Crippen LogP contribution in [0.2, 0.25) is 0 Å². The van der Waals surface area contributed by atoms with E-state index in [1.807, 2.05) is 0 Å². The van der Waals surface area contributed by atoms with Gasteiger partial charge >= 0.3 is 6.36 Å². The summed E-state index contributed by atoms with van der Waals surface area (Å²) >= 11 is 0. The molecule has 0 saturated carbocycles. The minimum Gasteiger partial charge on any atom is -0.405 e. The van der Waals surface area contributed by atoms with Gasteiger partial charge in [-0.3, -0.25) is 4.79 Å². The van der Waals surface area contributed by atoms with Crippen LogP contribution >= 0.6 is 0 Å². The fraction of sp³-hybridized carbons (Fsp3) is 0.417. The van der Waals surface area contributed by atoms with Crippen molar-refractivity contribution >= 4 is 5.91 Å². The average Bonchev–Trinajstić information content (AvgIpc) is 2.29. The molecule has 1 aromatic rings. The Bertz CT molecular complexity index is 445. The van der Waals surface area contributed by atoms with E-state index in [2.05, 4.69) is 10.1 Å². The molecule has 1 aliphatic rings. The number of alkyl halides is 3. The maximum Gasteiger partial charge on any atom is 0.573 e. The number of ether oxygens (including phenoxy) is 1. The van der Waals surface area contributed by atoms with Gasteiger partial charge in [0, 0.05) is 12.1 Å². The number of nitrogens with one attached hydrogen (secondary N) is 1. The van der Waals surface area contributed by atoms with Gasteiger partial charge in [-0.25, -0.2) is 0 Å². The summed E-state index contributed by atoms with van der Waals surface area (Å²) in [5.74, 6) is -1.12. The lowest BCUT2D eigenvalue weighted by Gasteiger charge is -2.24. The zero-order chi connectivity index (χ0) is 13.2. The Morgan fingerprint density at radius 2 is 2.00 bits per heavy atom. The van der Waals surface area contributed by atoms with E-state index in [1.165, 1.54) is 18.2 Å². The number of amides is 1. The third-order valence-corrected chi connectivity index (χ3v) is 2.81. The third kappa shape index (κ3) is 2.94. The molecule has 1 N–H and O–H groups in total. The van der Waals surface area contributed by atoms with Gasteiger partial charge in [0.1, 0.15) is 5.75 Å². The van der Waals surface area contributed by atoms with Gasteiger partial charge in [-0.2, -0.15) is 0 Å². The van der Waals surface area contributed by atoms with Gasteiger partial charge in [-0.1, -0.05) is 18.2 Å². The molecule has 1 unspecified atom stereocenters. The summed E-state index contributed by atoms with van der Waals surface area (Å²) in [4.78, 5) is 11.7. The Hall–Kier alpha value is -1.72. The van der Waals surface area contributed by atoms with Gasteiger partial charge in [0.25, 0.3) is 0 Å². The minimum absolute atomic E-state index is 0.250. The molecule has 0 aliphatic carbocycles. The van der Waals surface area contributed by atoms with E-state index in [9.17, 15) is 18.0 Å². The second kappa shape index (κ2) is 4.88. The first-order valence-electron chi connectivity index (χ1n) is 5.60. The van der Waals surface area contributed by atoms with Crippen molar-refractivity contribution in [3.63, 3.8) is 0 Å². The number of halogens is 3. The molecule has 1 aliphatic heterocycles. The van der Waals surface area contributed by atoms with Gasteiger partial charge in [0.05, 0.1) is 5.92 Å². The zero-order valence-corrected chi connectivity index (χ0v) is 9.46. The van der Waals surface area contributed by atoms with Crippen LogP contribution in [0, 0.1) is 0 Å². The smallest absolute Gasteiger partial charge is 0.405 e. The molecule has 2 rings (SSSR count). The molecule has 1 amide bonds. The average molecular weight is 259 g/mol. The Morgan fingerprint density at radius 3 is 2.67 bits per heavy atom. The van der Waals surface area contributed by atoms with Crippen molar-refractivity contribution in [2.45, 2.75) is 25.1 Å². The fourth-order valence-electron chi connectivity index (χ4n) is 2.05. The first-order valence-corrected chi connectivity index (χ1v) is 5.60. The van der Waals surface area contributed by atoms with Crippen molar-refractivity contribution in [3.8, 4) is 5.75 Å². The van der Waals surface area contributed by atoms with Crippen LogP contribution in [0.25, 0.3) is 0 Å². The van der Waals surface area contributed by atoms with E-state index >= 15 is 0 Å². The molecule has 0 radical (unpaired) electrons. The van der Waals surface area contributed by atoms with Crippen molar-refractivity contribution in [1.82, 2.24) is 5.32 Å². The van der Waals surface area contributed by atoms with Crippen molar-refractivity contribution in [1.29, 1.82) is 0 Å². The maximum absolute atomic E-state index is 12.3. The summed E-state index contributed by atoms with van der Waals surface area (Å²) in [5.41, 5.74) is 0.284. The number of benzene rings is 1. The summed E-state index contributed by atoms with van der Waals surface area (Å²) in [6, 6.07) is 5.77. The van der Waals surface area contributed by atoms with Crippen LogP contribution in [0.15, 0.2) is 24.3 Å². The number of rotatable bonds is 2. The highest BCUT2D eigenvalue weighted by molar-refractivity contribution is 5.85. The number of carbonyl (C=O) groups excluding carboxylic acids is 1. The van der Waals surface area contributed by atoms with Crippen LogP contribution in [0.5, 0.6) is 5.75 Å². The molecule has 3 nitrogen and oxygen atoms in total. The highest BCUT2D eigenvalue weighted by atomic mass is 19.4. The lowest BCUT2D eigenvalue weighted by atomic mass is 9.90. The first kappa shape index (κ1) is 12.7. The number of para-hydroxylation sites is 1. The van der Waals surface area contributed by atoms with Gasteiger partial charge in [-0.15, -0.1) is 13.2 Å². The molecule has 6 heteroatoms. The first-order chi connectivity index (χ1) is 8.47. The molecular formula is C12H12F3NO2. The Labute approximate surface area is 102 Å². The third-order valence-electron chi connectivity index (χ3n) is 2.81. The number of piperidine rings is 1. The minimum atomic E-state index is -4.75. The monoisotopic (exact) mass is 259 g/mol. The lowest BCUT2D eigenvalue weighted by molar-refractivity contribution is -0.275. The van der Waals surface area contributed by atoms with Crippen LogP contribution in [0.1, 0.15) is 24.3 Å². The predicted octanol–water partition coefficient (Wildman–Crippen LogP) is 2.58. The lowest BCUT2D eigenvalue weighted by Crippen LogP contribution is -2.35. The topological polar surface area (TPSA) is 38.3 Å². The van der Waals surface area contributed by atoms with Crippen LogP contribution in [-0.4, -0.2) is 18.8 Å². The highest BCUT2D eigenvalue weighted by Gasteiger charge is 2.34. The van der Waals surface area contributed by atoms with Gasteiger partial charge in [-0.05, 0) is 18.9 Å². The summed E-state index contributed by atoms with van der Waals surface area (Å²) in [6.07, 6.45) is -3.47. The summed E-state index contributed by atoms with van der Waals surface area (Å²) in [5, 5.41) is 2.64. The molecule has 1 atom stereocenters. The van der Waals surface area contributed by atoms with E-state index in [1.54, 1.807) is 6.07 Å². The fourth-order valence-corrected chi connectivity index (χ4v) is 2.05. The number of carbonyl (C=O) groups is 1. The van der Waals surface area contributed by atoms with E-state index in [-0.39, 0.29) is 17.2 Å². The standard InChI is InChI=1S/C12H12F3NO2/c13-12(14,15)18-10-6-2-1-4-8(10)9-5-3-7-16-11(9)17/h1-2,4,6,9H,3,5,7H2,(H,16,17). The quantitative estimate of drug-likeness (QED) is 0.886. The SMILES string of the molecule is O=C1NCCCC1c1ccccc1OC(F)(F)F. The summed E-state index contributed by atoms with van der Waals surface area (Å²) < 4.78 is 40.7. The summed E-state index contributed by atoms with van der Waals surface area (Å²) in [7, 11) is 0. The zero-order valence-electron chi connectivity index (χ0n) is 9.46. The Balaban J connectivity index is 2.29. The molecule has 1 aromatic carbocycles. The molecule has 0 bridgehead atoms. The van der Waals surface area contributed by atoms with E-state index in [4.69, 9.17) is 0 Å². The van der Waals surface area contributed by atoms with Crippen LogP contribution in [0.4, 0.5) is 13.2 Å². The molecule has 1 heterocycles. The van der Waals surface area contributed by atoms with Crippen molar-refractivity contribution in [3.05, 3.63) is 29.8 Å². The summed E-state index contributed by atoms with van der Waals surface area (Å²) in [6.45, 7) is 0.567. The molecule has 1 saturated heterocycles. The number of hydrogen-bond donors (Lipinski definition) is 1. The van der Waals surface area contributed by atoms with Gasteiger partial charge in [0.2, 0.25) is 5.91 Å². The van der Waals surface area contributed by atoms with Crippen LogP contribution in [-0.2, 0) is 4.79 Å². The van der Waals surface area contributed by atoms with E-state index in [0.29, 0.717) is 13.0 Å². The molecule has 0 aromatic heterocycles. The largest absolute Gasteiger partial charge is 0.573 e. The predicted molar refractivity (Wildman–Crippen MR) is 58.1 cm³/mol. The van der Waals surface area contributed by atoms with E-state index < -0.39 is 12.3 Å². The van der Waals surface area contributed by atoms with Gasteiger partial charge < -0.3 is 10.1 Å². The van der Waals surface area contributed by atoms with E-state index in [0.717, 1.165) is 6.42 Å². The van der Waals surface area contributed by atoms with Crippen molar-refractivity contribution in [2.75, 3.05) is 6.54 Å². The Kier molecular flexibility index (Phi) is 3.45. The van der Waals surface area contributed by atoms with Crippen molar-refractivity contribution in [2.24, 2.45) is 0 Å². The van der Waals surface area contributed by atoms with Gasteiger partial charge in [0.15, 0.2) is 0 Å². The molecule has 18 heavy (non-hydrogen) atoms. The normalized spacial score (nSPS) is 20.4. The second-order valence-corrected chi connectivity index (χ2v) is 4.07. The number of hydrogen-bond acceptors (Lipinski definition) is 2. The second-order valence-electron chi connectivity index (χ2n) is 4.07. The maximum atomic E-state index is 12.3. The van der Waals surface area contributed by atoms with Crippen molar-refractivity contribution < 1.29 is 22.7 Å². The molecule has 0 spiro atoms. The highest BCUT2D eigenvalue weighted by Crippen LogP contribution is 2.34. The Morgan fingerprint density at radius 1 is 1.28 bits per heavy atom. The van der Waals surface area contributed by atoms with Crippen LogP contribution in [0.3, 0.4) is 0 Å².